The molecule has 21 heavy (non-hydrogen) atoms. The number of benzene rings is 1. The van der Waals surface area contributed by atoms with Gasteiger partial charge in [0.2, 0.25) is 0 Å². The Bertz CT molecular complexity index is 696. The SMILES string of the molecule is N#CC(=Cc1c(Cl)cccc1Cl)C(=O)NCc1ccco1. The molecule has 0 atom stereocenters. The van der Waals surface area contributed by atoms with E-state index in [1.807, 2.05) is 6.07 Å². The Morgan fingerprint density at radius 2 is 2.00 bits per heavy atom. The third-order valence-electron chi connectivity index (χ3n) is 2.66. The van der Waals surface area contributed by atoms with Gasteiger partial charge < -0.3 is 9.73 Å². The number of hydrogen-bond acceptors (Lipinski definition) is 3. The summed E-state index contributed by atoms with van der Waals surface area (Å²) in [6.45, 7) is 0.196. The molecule has 0 spiro atoms. The molecule has 2 rings (SSSR count). The van der Waals surface area contributed by atoms with Gasteiger partial charge in [-0.2, -0.15) is 5.26 Å². The van der Waals surface area contributed by atoms with Crippen molar-refractivity contribution in [3.63, 3.8) is 0 Å². The van der Waals surface area contributed by atoms with Crippen molar-refractivity contribution in [1.82, 2.24) is 5.32 Å². The molecule has 2 aromatic rings. The Morgan fingerprint density at radius 3 is 2.57 bits per heavy atom. The molecule has 1 amide bonds. The van der Waals surface area contributed by atoms with E-state index in [-0.39, 0.29) is 12.1 Å². The van der Waals surface area contributed by atoms with Gasteiger partial charge in [-0.1, -0.05) is 29.3 Å². The van der Waals surface area contributed by atoms with Crippen LogP contribution >= 0.6 is 23.2 Å². The number of nitrogens with zero attached hydrogens (tertiary/aromatic N) is 1. The summed E-state index contributed by atoms with van der Waals surface area (Å²) in [5, 5.41) is 12.4. The second kappa shape index (κ2) is 6.98. The van der Waals surface area contributed by atoms with Crippen LogP contribution in [0.4, 0.5) is 0 Å². The number of carbonyl (C=O) groups is 1. The quantitative estimate of drug-likeness (QED) is 0.688. The maximum absolute atomic E-state index is 12.0. The second-order valence-corrected chi connectivity index (χ2v) is 4.88. The van der Waals surface area contributed by atoms with E-state index in [2.05, 4.69) is 5.32 Å². The van der Waals surface area contributed by atoms with Crippen LogP contribution in [0.25, 0.3) is 6.08 Å². The summed E-state index contributed by atoms with van der Waals surface area (Å²) in [6.07, 6.45) is 2.87. The molecule has 1 heterocycles. The third kappa shape index (κ3) is 3.88. The molecule has 0 saturated heterocycles. The minimum Gasteiger partial charge on any atom is -0.467 e. The van der Waals surface area contributed by atoms with Crippen LogP contribution in [-0.2, 0) is 11.3 Å². The zero-order valence-electron chi connectivity index (χ0n) is 10.8. The number of amides is 1. The third-order valence-corrected chi connectivity index (χ3v) is 3.32. The molecule has 0 aliphatic rings. The molecule has 106 valence electrons. The zero-order valence-corrected chi connectivity index (χ0v) is 12.3. The summed E-state index contributed by atoms with van der Waals surface area (Å²) < 4.78 is 5.09. The number of nitriles is 1. The lowest BCUT2D eigenvalue weighted by molar-refractivity contribution is -0.117. The average molecular weight is 321 g/mol. The first-order valence-electron chi connectivity index (χ1n) is 5.98. The van der Waals surface area contributed by atoms with Crippen molar-refractivity contribution in [3.8, 4) is 6.07 Å². The van der Waals surface area contributed by atoms with Crippen molar-refractivity contribution in [2.45, 2.75) is 6.54 Å². The Balaban J connectivity index is 2.17. The first kappa shape index (κ1) is 15.2. The fourth-order valence-corrected chi connectivity index (χ4v) is 2.12. The van der Waals surface area contributed by atoms with Crippen LogP contribution in [0.2, 0.25) is 10.0 Å². The predicted octanol–water partition coefficient (Wildman–Crippen LogP) is 3.81. The topological polar surface area (TPSA) is 66.0 Å². The smallest absolute Gasteiger partial charge is 0.262 e. The molecular weight excluding hydrogens is 311 g/mol. The molecule has 0 bridgehead atoms. The molecule has 0 aliphatic heterocycles. The minimum atomic E-state index is -0.523. The largest absolute Gasteiger partial charge is 0.467 e. The number of hydrogen-bond donors (Lipinski definition) is 1. The highest BCUT2D eigenvalue weighted by Crippen LogP contribution is 2.26. The number of halogens is 2. The lowest BCUT2D eigenvalue weighted by Gasteiger charge is -2.04. The Morgan fingerprint density at radius 1 is 1.29 bits per heavy atom. The lowest BCUT2D eigenvalue weighted by atomic mass is 10.1. The van der Waals surface area contributed by atoms with Crippen LogP contribution in [-0.4, -0.2) is 5.91 Å². The summed E-state index contributed by atoms with van der Waals surface area (Å²) >= 11 is 12.0. The lowest BCUT2D eigenvalue weighted by Crippen LogP contribution is -2.23. The summed E-state index contributed by atoms with van der Waals surface area (Å²) in [7, 11) is 0. The number of furan rings is 1. The normalized spacial score (nSPS) is 11.0. The van der Waals surface area contributed by atoms with Gasteiger partial charge in [-0.25, -0.2) is 0 Å². The van der Waals surface area contributed by atoms with Gasteiger partial charge in [0.05, 0.1) is 12.8 Å². The van der Waals surface area contributed by atoms with Gasteiger partial charge >= 0.3 is 0 Å². The van der Waals surface area contributed by atoms with E-state index >= 15 is 0 Å². The van der Waals surface area contributed by atoms with Crippen LogP contribution in [0.5, 0.6) is 0 Å². The maximum Gasteiger partial charge on any atom is 0.262 e. The fraction of sp³-hybridized carbons (Fsp3) is 0.0667. The summed E-state index contributed by atoms with van der Waals surface area (Å²) in [4.78, 5) is 12.0. The van der Waals surface area contributed by atoms with Crippen LogP contribution < -0.4 is 5.32 Å². The van der Waals surface area contributed by atoms with E-state index in [1.165, 1.54) is 12.3 Å². The van der Waals surface area contributed by atoms with Crippen LogP contribution in [0.3, 0.4) is 0 Å². The first-order chi connectivity index (χ1) is 10.1. The molecule has 0 fully saturated rings. The molecule has 0 unspecified atom stereocenters. The summed E-state index contributed by atoms with van der Waals surface area (Å²) in [5.41, 5.74) is 0.349. The molecule has 0 radical (unpaired) electrons. The second-order valence-electron chi connectivity index (χ2n) is 4.07. The number of nitrogens with one attached hydrogen (secondary N) is 1. The van der Waals surface area contributed by atoms with E-state index in [0.717, 1.165) is 0 Å². The molecule has 1 aromatic carbocycles. The monoisotopic (exact) mass is 320 g/mol. The Hall–Kier alpha value is -2.22. The van der Waals surface area contributed by atoms with Gasteiger partial charge in [-0.05, 0) is 30.3 Å². The van der Waals surface area contributed by atoms with E-state index in [0.29, 0.717) is 21.4 Å². The van der Waals surface area contributed by atoms with Gasteiger partial charge in [-0.3, -0.25) is 4.79 Å². The number of rotatable bonds is 4. The summed E-state index contributed by atoms with van der Waals surface area (Å²) in [5.74, 6) is 0.0707. The first-order valence-corrected chi connectivity index (χ1v) is 6.74. The fourth-order valence-electron chi connectivity index (χ4n) is 1.62. The van der Waals surface area contributed by atoms with E-state index in [1.54, 1.807) is 30.3 Å². The van der Waals surface area contributed by atoms with Gasteiger partial charge in [-0.15, -0.1) is 0 Å². The molecule has 1 N–H and O–H groups in total. The minimum absolute atomic E-state index is 0.0865. The molecule has 4 nitrogen and oxygen atoms in total. The summed E-state index contributed by atoms with van der Waals surface area (Å²) in [6, 6.07) is 10.2. The van der Waals surface area contributed by atoms with E-state index < -0.39 is 5.91 Å². The highest BCUT2D eigenvalue weighted by molar-refractivity contribution is 6.37. The van der Waals surface area contributed by atoms with Crippen molar-refractivity contribution < 1.29 is 9.21 Å². The molecule has 1 aromatic heterocycles. The molecule has 0 saturated carbocycles. The predicted molar refractivity (Wildman–Crippen MR) is 80.6 cm³/mol. The van der Waals surface area contributed by atoms with Crippen molar-refractivity contribution in [2.75, 3.05) is 0 Å². The Kier molecular flexibility index (Phi) is 5.04. The van der Waals surface area contributed by atoms with Crippen molar-refractivity contribution in [3.05, 3.63) is 63.5 Å². The molecular formula is C15H10Cl2N2O2. The van der Waals surface area contributed by atoms with Crippen LogP contribution in [0, 0.1) is 11.3 Å². The van der Waals surface area contributed by atoms with Crippen LogP contribution in [0.15, 0.2) is 46.6 Å². The van der Waals surface area contributed by atoms with Crippen molar-refractivity contribution in [2.24, 2.45) is 0 Å². The Labute approximate surface area is 131 Å². The van der Waals surface area contributed by atoms with Gasteiger partial charge in [0.15, 0.2) is 0 Å². The highest BCUT2D eigenvalue weighted by atomic mass is 35.5. The molecule has 0 aliphatic carbocycles. The zero-order chi connectivity index (χ0) is 15.2. The van der Waals surface area contributed by atoms with Gasteiger partial charge in [0.1, 0.15) is 17.4 Å². The average Bonchev–Trinajstić information content (AvgIpc) is 2.98. The number of carbonyl (C=O) groups excluding carboxylic acids is 1. The van der Waals surface area contributed by atoms with Crippen LogP contribution in [0.1, 0.15) is 11.3 Å². The standard InChI is InChI=1S/C15H10Cl2N2O2/c16-13-4-1-5-14(17)12(13)7-10(8-18)15(20)19-9-11-3-2-6-21-11/h1-7H,9H2,(H,19,20). The highest BCUT2D eigenvalue weighted by Gasteiger charge is 2.12. The van der Waals surface area contributed by atoms with E-state index in [9.17, 15) is 4.79 Å². The maximum atomic E-state index is 12.0. The van der Waals surface area contributed by atoms with Gasteiger partial charge in [0.25, 0.3) is 5.91 Å². The molecule has 6 heteroatoms. The van der Waals surface area contributed by atoms with Crippen molar-refractivity contribution >= 4 is 35.2 Å². The van der Waals surface area contributed by atoms with Crippen molar-refractivity contribution in [1.29, 1.82) is 5.26 Å². The van der Waals surface area contributed by atoms with Gasteiger partial charge in [0, 0.05) is 15.6 Å². The van der Waals surface area contributed by atoms with E-state index in [4.69, 9.17) is 32.9 Å².